The van der Waals surface area contributed by atoms with E-state index in [1.165, 1.54) is 0 Å². The van der Waals surface area contributed by atoms with Crippen molar-refractivity contribution in [3.05, 3.63) is 0 Å². The van der Waals surface area contributed by atoms with Crippen molar-refractivity contribution < 1.29 is 4.79 Å². The van der Waals surface area contributed by atoms with Crippen LogP contribution in [-0.2, 0) is 4.79 Å². The van der Waals surface area contributed by atoms with Crippen molar-refractivity contribution in [3.8, 4) is 6.07 Å². The summed E-state index contributed by atoms with van der Waals surface area (Å²) in [5, 5.41) is 8.36. The van der Waals surface area contributed by atoms with Crippen LogP contribution in [0, 0.1) is 11.3 Å². The van der Waals surface area contributed by atoms with Gasteiger partial charge in [-0.05, 0) is 19.1 Å². The number of thioether (sulfide) groups is 1. The smallest absolute Gasteiger partial charge is 0.222 e. The predicted molar refractivity (Wildman–Crippen MR) is 64.7 cm³/mol. The van der Waals surface area contributed by atoms with Crippen LogP contribution in [0.3, 0.4) is 0 Å². The molecule has 0 aliphatic rings. The Balaban J connectivity index is 3.81. The van der Waals surface area contributed by atoms with Crippen LogP contribution in [-0.4, -0.2) is 35.4 Å². The van der Waals surface area contributed by atoms with Crippen LogP contribution in [0.15, 0.2) is 0 Å². The topological polar surface area (TPSA) is 44.1 Å². The van der Waals surface area contributed by atoms with Crippen LogP contribution in [0.4, 0.5) is 0 Å². The lowest BCUT2D eigenvalue weighted by Crippen LogP contribution is -2.36. The first-order valence-electron chi connectivity index (χ1n) is 5.33. The molecule has 0 aromatic heterocycles. The van der Waals surface area contributed by atoms with E-state index in [1.807, 2.05) is 18.8 Å². The van der Waals surface area contributed by atoms with Gasteiger partial charge in [0.05, 0.1) is 6.07 Å². The van der Waals surface area contributed by atoms with Gasteiger partial charge < -0.3 is 4.90 Å². The fourth-order valence-electron chi connectivity index (χ4n) is 1.14. The first-order chi connectivity index (χ1) is 7.13. The zero-order valence-electron chi connectivity index (χ0n) is 9.82. The molecule has 4 heteroatoms. The molecule has 0 fully saturated rings. The highest BCUT2D eigenvalue weighted by atomic mass is 32.2. The monoisotopic (exact) mass is 228 g/mol. The molecular formula is C11H20N2OS. The molecule has 0 heterocycles. The fraction of sp³-hybridized carbons (Fsp3) is 0.818. The third kappa shape index (κ3) is 6.40. The molecule has 0 unspecified atom stereocenters. The maximum absolute atomic E-state index is 11.6. The van der Waals surface area contributed by atoms with Gasteiger partial charge in [0.1, 0.15) is 0 Å². The molecule has 0 rings (SSSR count). The average molecular weight is 228 g/mol. The van der Waals surface area contributed by atoms with Gasteiger partial charge in [-0.25, -0.2) is 0 Å². The second-order valence-electron chi connectivity index (χ2n) is 3.52. The number of rotatable bonds is 7. The first-order valence-corrected chi connectivity index (χ1v) is 6.49. The van der Waals surface area contributed by atoms with Crippen molar-refractivity contribution in [2.45, 2.75) is 39.2 Å². The van der Waals surface area contributed by atoms with E-state index in [0.717, 1.165) is 11.5 Å². The number of amides is 1. The molecule has 0 aromatic rings. The van der Waals surface area contributed by atoms with E-state index in [9.17, 15) is 4.79 Å². The van der Waals surface area contributed by atoms with Crippen molar-refractivity contribution in [3.63, 3.8) is 0 Å². The summed E-state index contributed by atoms with van der Waals surface area (Å²) in [7, 11) is 1.84. The Bertz CT molecular complexity index is 225. The van der Waals surface area contributed by atoms with E-state index in [2.05, 4.69) is 19.9 Å². The standard InChI is InChI=1S/C11H20N2OS/c1-4-15-9-10(2)13(3)11(14)7-5-6-8-12/h10H,4-7,9H2,1-3H3/t10-/m0/s1. The lowest BCUT2D eigenvalue weighted by atomic mass is 10.2. The molecule has 3 nitrogen and oxygen atoms in total. The Hall–Kier alpha value is -0.690. The van der Waals surface area contributed by atoms with Crippen molar-refractivity contribution in [1.82, 2.24) is 4.90 Å². The summed E-state index contributed by atoms with van der Waals surface area (Å²) in [4.78, 5) is 13.4. The zero-order valence-corrected chi connectivity index (χ0v) is 10.6. The molecule has 0 aromatic carbocycles. The van der Waals surface area contributed by atoms with Gasteiger partial charge in [0.15, 0.2) is 0 Å². The Morgan fingerprint density at radius 2 is 2.27 bits per heavy atom. The Morgan fingerprint density at radius 1 is 1.60 bits per heavy atom. The molecule has 0 saturated heterocycles. The molecule has 15 heavy (non-hydrogen) atoms. The maximum atomic E-state index is 11.6. The van der Waals surface area contributed by atoms with Crippen LogP contribution >= 0.6 is 11.8 Å². The predicted octanol–water partition coefficient (Wildman–Crippen LogP) is 2.28. The van der Waals surface area contributed by atoms with Gasteiger partial charge in [-0.2, -0.15) is 17.0 Å². The highest BCUT2D eigenvalue weighted by molar-refractivity contribution is 7.99. The third-order valence-corrected chi connectivity index (χ3v) is 3.42. The second-order valence-corrected chi connectivity index (χ2v) is 4.84. The summed E-state index contributed by atoms with van der Waals surface area (Å²) < 4.78 is 0. The third-order valence-electron chi connectivity index (χ3n) is 2.30. The number of carbonyl (C=O) groups excluding carboxylic acids is 1. The molecule has 0 radical (unpaired) electrons. The van der Waals surface area contributed by atoms with E-state index in [4.69, 9.17) is 5.26 Å². The van der Waals surface area contributed by atoms with Gasteiger partial charge in [-0.3, -0.25) is 4.79 Å². The quantitative estimate of drug-likeness (QED) is 0.628. The maximum Gasteiger partial charge on any atom is 0.222 e. The number of hydrogen-bond donors (Lipinski definition) is 0. The Kier molecular flexibility index (Phi) is 8.21. The average Bonchev–Trinajstić information content (AvgIpc) is 2.24. The van der Waals surface area contributed by atoms with Crippen molar-refractivity contribution in [2.75, 3.05) is 18.6 Å². The van der Waals surface area contributed by atoms with Crippen LogP contribution in [0.25, 0.3) is 0 Å². The first kappa shape index (κ1) is 14.3. The van der Waals surface area contributed by atoms with E-state index < -0.39 is 0 Å². The van der Waals surface area contributed by atoms with Crippen molar-refractivity contribution in [2.24, 2.45) is 0 Å². The molecule has 0 aliphatic heterocycles. The lowest BCUT2D eigenvalue weighted by molar-refractivity contribution is -0.131. The highest BCUT2D eigenvalue weighted by Crippen LogP contribution is 2.09. The van der Waals surface area contributed by atoms with E-state index in [0.29, 0.717) is 19.3 Å². The fourth-order valence-corrected chi connectivity index (χ4v) is 1.94. The van der Waals surface area contributed by atoms with Gasteiger partial charge >= 0.3 is 0 Å². The molecule has 0 spiro atoms. The molecule has 86 valence electrons. The van der Waals surface area contributed by atoms with Gasteiger partial charge in [-0.15, -0.1) is 0 Å². The summed E-state index contributed by atoms with van der Waals surface area (Å²) in [5.41, 5.74) is 0. The molecular weight excluding hydrogens is 208 g/mol. The summed E-state index contributed by atoms with van der Waals surface area (Å²) in [6.07, 6.45) is 1.64. The van der Waals surface area contributed by atoms with Gasteiger partial charge in [0.2, 0.25) is 5.91 Å². The Morgan fingerprint density at radius 3 is 2.80 bits per heavy atom. The van der Waals surface area contributed by atoms with Crippen molar-refractivity contribution in [1.29, 1.82) is 5.26 Å². The molecule has 0 aliphatic carbocycles. The van der Waals surface area contributed by atoms with Gasteiger partial charge in [-0.1, -0.05) is 6.92 Å². The van der Waals surface area contributed by atoms with E-state index in [1.54, 1.807) is 4.90 Å². The summed E-state index contributed by atoms with van der Waals surface area (Å²) in [6, 6.07) is 2.33. The summed E-state index contributed by atoms with van der Waals surface area (Å²) in [6.45, 7) is 4.18. The molecule has 1 atom stereocenters. The summed E-state index contributed by atoms with van der Waals surface area (Å²) in [5.74, 6) is 2.21. The largest absolute Gasteiger partial charge is 0.342 e. The number of carbonyl (C=O) groups is 1. The lowest BCUT2D eigenvalue weighted by Gasteiger charge is -2.24. The minimum atomic E-state index is 0.148. The van der Waals surface area contributed by atoms with Gasteiger partial charge in [0.25, 0.3) is 0 Å². The Labute approximate surface area is 96.8 Å². The SMILES string of the molecule is CCSC[C@H](C)N(C)C(=O)CCCC#N. The molecule has 0 bridgehead atoms. The molecule has 0 N–H and O–H groups in total. The number of unbranched alkanes of at least 4 members (excludes halogenated alkanes) is 1. The zero-order chi connectivity index (χ0) is 11.7. The van der Waals surface area contributed by atoms with Crippen LogP contribution in [0.5, 0.6) is 0 Å². The normalized spacial score (nSPS) is 11.9. The minimum absolute atomic E-state index is 0.148. The minimum Gasteiger partial charge on any atom is -0.342 e. The number of hydrogen-bond acceptors (Lipinski definition) is 3. The van der Waals surface area contributed by atoms with Crippen LogP contribution in [0.2, 0.25) is 0 Å². The molecule has 0 saturated carbocycles. The van der Waals surface area contributed by atoms with Crippen LogP contribution < -0.4 is 0 Å². The van der Waals surface area contributed by atoms with E-state index in [-0.39, 0.29) is 11.9 Å². The van der Waals surface area contributed by atoms with Gasteiger partial charge in [0, 0.05) is 31.7 Å². The highest BCUT2D eigenvalue weighted by Gasteiger charge is 2.14. The summed E-state index contributed by atoms with van der Waals surface area (Å²) >= 11 is 1.84. The van der Waals surface area contributed by atoms with Crippen molar-refractivity contribution >= 4 is 17.7 Å². The number of nitrogens with zero attached hydrogens (tertiary/aromatic N) is 2. The van der Waals surface area contributed by atoms with E-state index >= 15 is 0 Å². The number of nitriles is 1. The second kappa shape index (κ2) is 8.60. The molecule has 1 amide bonds. The van der Waals surface area contributed by atoms with Crippen LogP contribution in [0.1, 0.15) is 33.1 Å².